The molecule has 4 nitrogen and oxygen atoms in total. The van der Waals surface area contributed by atoms with Crippen molar-refractivity contribution in [1.82, 2.24) is 5.32 Å². The number of hydrogen-bond donors (Lipinski definition) is 1. The quantitative estimate of drug-likeness (QED) is 0.740. The zero-order valence-corrected chi connectivity index (χ0v) is 17.3. The molecular weight excluding hydrogens is 336 g/mol. The highest BCUT2D eigenvalue weighted by Gasteiger charge is 2.61. The molecule has 4 saturated carbocycles. The van der Waals surface area contributed by atoms with E-state index in [0.717, 1.165) is 68.9 Å². The van der Waals surface area contributed by atoms with E-state index in [1.165, 1.54) is 25.0 Å². The van der Waals surface area contributed by atoms with Crippen LogP contribution in [0, 0.1) is 40.4 Å². The summed E-state index contributed by atoms with van der Waals surface area (Å²) in [6.07, 6.45) is 9.46. The van der Waals surface area contributed by atoms with Crippen LogP contribution in [-0.2, 0) is 9.63 Å². The number of oxime groups is 1. The summed E-state index contributed by atoms with van der Waals surface area (Å²) >= 11 is 0. The lowest BCUT2D eigenvalue weighted by Crippen LogP contribution is -2.56. The Balaban J connectivity index is 1.36. The van der Waals surface area contributed by atoms with E-state index in [9.17, 15) is 4.79 Å². The zero-order chi connectivity index (χ0) is 18.8. The zero-order valence-electron chi connectivity index (χ0n) is 17.3. The van der Waals surface area contributed by atoms with Crippen LogP contribution in [0.4, 0.5) is 0 Å². The molecule has 1 aliphatic heterocycles. The first-order chi connectivity index (χ1) is 12.9. The lowest BCUT2D eigenvalue weighted by molar-refractivity contribution is -0.143. The van der Waals surface area contributed by atoms with Crippen molar-refractivity contribution in [2.75, 3.05) is 13.1 Å². The number of rotatable bonds is 2. The molecule has 7 atom stereocenters. The van der Waals surface area contributed by atoms with Gasteiger partial charge in [0, 0.05) is 24.9 Å². The summed E-state index contributed by atoms with van der Waals surface area (Å²) in [6, 6.07) is 0. The minimum atomic E-state index is -0.00937. The summed E-state index contributed by atoms with van der Waals surface area (Å²) in [5.74, 6) is 4.23. The number of carbonyl (C=O) groups is 1. The van der Waals surface area contributed by atoms with E-state index in [2.05, 4.69) is 31.2 Å². The van der Waals surface area contributed by atoms with E-state index in [-0.39, 0.29) is 11.5 Å². The number of ketones is 1. The van der Waals surface area contributed by atoms with Gasteiger partial charge in [0.05, 0.1) is 5.71 Å². The Morgan fingerprint density at radius 3 is 2.67 bits per heavy atom. The van der Waals surface area contributed by atoms with Crippen LogP contribution in [0.5, 0.6) is 0 Å². The topological polar surface area (TPSA) is 50.7 Å². The third-order valence-corrected chi connectivity index (χ3v) is 9.64. The van der Waals surface area contributed by atoms with Gasteiger partial charge in [0.15, 0.2) is 6.10 Å². The van der Waals surface area contributed by atoms with Gasteiger partial charge in [0.2, 0.25) is 0 Å². The summed E-state index contributed by atoms with van der Waals surface area (Å²) in [5.41, 5.74) is 1.72. The Morgan fingerprint density at radius 2 is 1.93 bits per heavy atom. The van der Waals surface area contributed by atoms with Gasteiger partial charge in [-0.2, -0.15) is 0 Å². The lowest BCUT2D eigenvalue weighted by Gasteiger charge is -2.61. The fraction of sp³-hybridized carbons (Fsp3) is 0.913. The van der Waals surface area contributed by atoms with Crippen molar-refractivity contribution in [3.8, 4) is 0 Å². The fourth-order valence-corrected chi connectivity index (χ4v) is 7.78. The molecule has 0 aromatic heterocycles. The molecular formula is C23H36N2O2. The third-order valence-electron chi connectivity index (χ3n) is 9.64. The Hall–Kier alpha value is -0.900. The average Bonchev–Trinajstić information content (AvgIpc) is 2.90. The summed E-state index contributed by atoms with van der Waals surface area (Å²) < 4.78 is 0. The molecule has 1 heterocycles. The molecule has 0 spiro atoms. The summed E-state index contributed by atoms with van der Waals surface area (Å²) in [7, 11) is 0. The largest absolute Gasteiger partial charge is 0.390 e. The van der Waals surface area contributed by atoms with Gasteiger partial charge < -0.3 is 10.2 Å². The summed E-state index contributed by atoms with van der Waals surface area (Å²) in [5, 5.41) is 7.81. The molecule has 1 saturated heterocycles. The average molecular weight is 373 g/mol. The molecule has 1 N–H and O–H groups in total. The molecule has 0 aromatic rings. The minimum Gasteiger partial charge on any atom is -0.390 e. The van der Waals surface area contributed by atoms with E-state index in [4.69, 9.17) is 4.84 Å². The van der Waals surface area contributed by atoms with E-state index < -0.39 is 0 Å². The predicted molar refractivity (Wildman–Crippen MR) is 106 cm³/mol. The normalized spacial score (nSPS) is 51.3. The Morgan fingerprint density at radius 1 is 1.11 bits per heavy atom. The first-order valence-corrected chi connectivity index (χ1v) is 11.4. The molecule has 5 fully saturated rings. The Bertz CT molecular complexity index is 657. The SMILES string of the molecule is C[C@@H]1CC2C/C(=N\OC3CNC3)CC[C@]2(C)[C@H]2CC[C@]3(C)C(=O)CC[C@H]3[C@H]12. The second-order valence-electron chi connectivity index (χ2n) is 10.9. The number of carbonyl (C=O) groups excluding carboxylic acids is 1. The third kappa shape index (κ3) is 2.65. The maximum absolute atomic E-state index is 12.6. The van der Waals surface area contributed by atoms with Gasteiger partial charge in [-0.25, -0.2) is 0 Å². The van der Waals surface area contributed by atoms with Crippen molar-refractivity contribution in [3.05, 3.63) is 0 Å². The van der Waals surface area contributed by atoms with Gasteiger partial charge in [0.25, 0.3) is 0 Å². The Labute approximate surface area is 163 Å². The van der Waals surface area contributed by atoms with E-state index in [0.29, 0.717) is 17.1 Å². The maximum Gasteiger partial charge on any atom is 0.152 e. The molecule has 4 heteroatoms. The molecule has 4 aliphatic carbocycles. The van der Waals surface area contributed by atoms with Crippen LogP contribution < -0.4 is 5.32 Å². The molecule has 1 unspecified atom stereocenters. The molecule has 0 amide bonds. The summed E-state index contributed by atoms with van der Waals surface area (Å²) in [4.78, 5) is 18.4. The number of Topliss-reactive ketones (excluding diaryl/α,β-unsaturated/α-hetero) is 1. The number of nitrogens with one attached hydrogen (secondary N) is 1. The van der Waals surface area contributed by atoms with Crippen LogP contribution in [0.25, 0.3) is 0 Å². The van der Waals surface area contributed by atoms with Crippen molar-refractivity contribution in [3.63, 3.8) is 0 Å². The van der Waals surface area contributed by atoms with Crippen LogP contribution in [0.2, 0.25) is 0 Å². The molecule has 0 aromatic carbocycles. The maximum atomic E-state index is 12.6. The second kappa shape index (κ2) is 6.30. The number of nitrogens with zero attached hydrogens (tertiary/aromatic N) is 1. The first-order valence-electron chi connectivity index (χ1n) is 11.4. The van der Waals surface area contributed by atoms with Gasteiger partial charge >= 0.3 is 0 Å². The highest BCUT2D eigenvalue weighted by atomic mass is 16.6. The molecule has 0 bridgehead atoms. The minimum absolute atomic E-state index is 0.00937. The standard InChI is InChI=1S/C23H36N2O2/c1-14-10-15-11-16(25-27-17-12-24-13-17)6-8-22(15,2)19-7-9-23(3)18(21(14)19)4-5-20(23)26/h14-15,17-19,21,24H,4-13H2,1-3H3/b25-16-/t14-,15?,18+,19+,21+,22+,23+/m1/s1. The molecule has 5 aliphatic rings. The van der Waals surface area contributed by atoms with Gasteiger partial charge in [-0.15, -0.1) is 0 Å². The second-order valence-corrected chi connectivity index (χ2v) is 10.9. The number of fused-ring (bicyclic) bond motifs is 5. The highest BCUT2D eigenvalue weighted by molar-refractivity contribution is 5.87. The first kappa shape index (κ1) is 18.1. The number of hydrogen-bond acceptors (Lipinski definition) is 4. The molecule has 27 heavy (non-hydrogen) atoms. The van der Waals surface area contributed by atoms with Gasteiger partial charge in [-0.1, -0.05) is 25.9 Å². The fourth-order valence-electron chi connectivity index (χ4n) is 7.78. The highest BCUT2D eigenvalue weighted by Crippen LogP contribution is 2.66. The predicted octanol–water partition coefficient (Wildman–Crippen LogP) is 4.19. The van der Waals surface area contributed by atoms with Crippen molar-refractivity contribution in [1.29, 1.82) is 0 Å². The van der Waals surface area contributed by atoms with Crippen molar-refractivity contribution < 1.29 is 9.63 Å². The molecule has 150 valence electrons. The van der Waals surface area contributed by atoms with E-state index >= 15 is 0 Å². The van der Waals surface area contributed by atoms with E-state index in [1.54, 1.807) is 0 Å². The molecule has 0 radical (unpaired) electrons. The van der Waals surface area contributed by atoms with E-state index in [1.807, 2.05) is 0 Å². The molecule has 5 rings (SSSR count). The van der Waals surface area contributed by atoms with Crippen LogP contribution in [0.3, 0.4) is 0 Å². The smallest absolute Gasteiger partial charge is 0.152 e. The van der Waals surface area contributed by atoms with Crippen LogP contribution in [-0.4, -0.2) is 30.7 Å². The van der Waals surface area contributed by atoms with Crippen molar-refractivity contribution >= 4 is 11.5 Å². The summed E-state index contributed by atoms with van der Waals surface area (Å²) in [6.45, 7) is 9.24. The van der Waals surface area contributed by atoms with Crippen molar-refractivity contribution in [2.45, 2.75) is 78.2 Å². The van der Waals surface area contributed by atoms with Gasteiger partial charge in [-0.3, -0.25) is 4.79 Å². The van der Waals surface area contributed by atoms with Gasteiger partial charge in [0.1, 0.15) is 5.78 Å². The van der Waals surface area contributed by atoms with Crippen molar-refractivity contribution in [2.24, 2.45) is 45.6 Å². The monoisotopic (exact) mass is 372 g/mol. The van der Waals surface area contributed by atoms with Crippen LogP contribution >= 0.6 is 0 Å². The van der Waals surface area contributed by atoms with Crippen LogP contribution in [0.15, 0.2) is 5.16 Å². The van der Waals surface area contributed by atoms with Crippen LogP contribution in [0.1, 0.15) is 72.1 Å². The Kier molecular flexibility index (Phi) is 4.24. The van der Waals surface area contributed by atoms with Gasteiger partial charge in [-0.05, 0) is 80.0 Å². The lowest BCUT2D eigenvalue weighted by atomic mass is 9.43.